The average molecular weight is 723 g/mol. The van der Waals surface area contributed by atoms with E-state index in [1.165, 1.54) is 141 Å². The molecule has 0 aromatic rings. The molecule has 0 unspecified atom stereocenters. The van der Waals surface area contributed by atoms with E-state index in [-0.39, 0.29) is 11.9 Å². The van der Waals surface area contributed by atoms with E-state index in [2.05, 4.69) is 32.6 Å². The number of nitrogens with zero attached hydrogens (tertiary/aromatic N) is 1. The summed E-state index contributed by atoms with van der Waals surface area (Å²) in [7, 11) is 0. The van der Waals surface area contributed by atoms with Crippen LogP contribution in [0.15, 0.2) is 0 Å². The van der Waals surface area contributed by atoms with Crippen LogP contribution >= 0.6 is 0 Å². The van der Waals surface area contributed by atoms with Crippen molar-refractivity contribution in [2.75, 3.05) is 39.4 Å². The Bertz CT molecular complexity index is 657. The van der Waals surface area contributed by atoms with Gasteiger partial charge in [-0.2, -0.15) is 0 Å². The minimum absolute atomic E-state index is 0.00144. The Morgan fingerprint density at radius 1 is 0.431 bits per heavy atom. The van der Waals surface area contributed by atoms with Crippen molar-refractivity contribution < 1.29 is 19.1 Å². The standard InChI is InChI=1S/C45H90N2O4/c1-5-9-19-28-42(29-20-10-6-2)34-40-50-44(48)32-23-15-13-17-25-37-47(39-27-36-46)38-26-18-14-16-24-33-45(49)51-41-35-43(30-21-11-7-3)31-22-12-8-4/h42-43H,5-41,46H2,1-4H3. The van der Waals surface area contributed by atoms with Crippen molar-refractivity contribution in [1.29, 1.82) is 0 Å². The highest BCUT2D eigenvalue weighted by atomic mass is 16.5. The second-order valence-electron chi connectivity index (χ2n) is 15.8. The molecule has 0 amide bonds. The van der Waals surface area contributed by atoms with E-state index < -0.39 is 0 Å². The largest absolute Gasteiger partial charge is 0.466 e. The third kappa shape index (κ3) is 35.6. The van der Waals surface area contributed by atoms with E-state index in [4.69, 9.17) is 15.2 Å². The highest BCUT2D eigenvalue weighted by molar-refractivity contribution is 5.69. The number of ether oxygens (including phenoxy) is 2. The molecule has 6 nitrogen and oxygen atoms in total. The molecular weight excluding hydrogens is 633 g/mol. The monoisotopic (exact) mass is 723 g/mol. The lowest BCUT2D eigenvalue weighted by molar-refractivity contribution is -0.145. The minimum Gasteiger partial charge on any atom is -0.466 e. The van der Waals surface area contributed by atoms with Gasteiger partial charge in [0.2, 0.25) is 0 Å². The molecular formula is C45H90N2O4. The Hall–Kier alpha value is -1.14. The van der Waals surface area contributed by atoms with Gasteiger partial charge in [-0.1, -0.05) is 169 Å². The summed E-state index contributed by atoms with van der Waals surface area (Å²) in [5, 5.41) is 0. The van der Waals surface area contributed by atoms with E-state index in [1.54, 1.807) is 0 Å². The van der Waals surface area contributed by atoms with Crippen LogP contribution in [-0.2, 0) is 19.1 Å². The van der Waals surface area contributed by atoms with Crippen LogP contribution in [0.3, 0.4) is 0 Å². The second kappa shape index (κ2) is 40.1. The van der Waals surface area contributed by atoms with Crippen LogP contribution in [0.2, 0.25) is 0 Å². The lowest BCUT2D eigenvalue weighted by Gasteiger charge is -2.22. The molecule has 0 fully saturated rings. The number of carbonyl (C=O) groups excluding carboxylic acids is 2. The average Bonchev–Trinajstić information content (AvgIpc) is 3.12. The van der Waals surface area contributed by atoms with Crippen LogP contribution < -0.4 is 5.73 Å². The molecule has 51 heavy (non-hydrogen) atoms. The van der Waals surface area contributed by atoms with Gasteiger partial charge in [-0.05, 0) is 83.0 Å². The number of carbonyl (C=O) groups is 2. The summed E-state index contributed by atoms with van der Waals surface area (Å²) in [5.74, 6) is 1.43. The summed E-state index contributed by atoms with van der Waals surface area (Å²) in [6.45, 7) is 14.4. The fourth-order valence-electron chi connectivity index (χ4n) is 7.34. The van der Waals surface area contributed by atoms with Gasteiger partial charge in [0.05, 0.1) is 13.2 Å². The smallest absolute Gasteiger partial charge is 0.305 e. The van der Waals surface area contributed by atoms with E-state index >= 15 is 0 Å². The molecule has 0 bridgehead atoms. The number of nitrogens with two attached hydrogens (primary N) is 1. The first-order valence-electron chi connectivity index (χ1n) is 22.7. The number of hydrogen-bond donors (Lipinski definition) is 1. The molecule has 0 aliphatic heterocycles. The molecule has 0 saturated carbocycles. The number of rotatable bonds is 41. The van der Waals surface area contributed by atoms with Gasteiger partial charge < -0.3 is 20.1 Å². The van der Waals surface area contributed by atoms with Crippen LogP contribution in [0.1, 0.15) is 227 Å². The summed E-state index contributed by atoms with van der Waals surface area (Å²) >= 11 is 0. The van der Waals surface area contributed by atoms with Gasteiger partial charge in [-0.15, -0.1) is 0 Å². The topological polar surface area (TPSA) is 81.9 Å². The highest BCUT2D eigenvalue weighted by Crippen LogP contribution is 2.22. The SMILES string of the molecule is CCCCCC(CCCCC)CCOC(=O)CCCCCCCN(CCCN)CCCCCCCC(=O)OCCC(CCCCC)CCCCC. The molecule has 0 aliphatic rings. The zero-order valence-corrected chi connectivity index (χ0v) is 35.0. The summed E-state index contributed by atoms with van der Waals surface area (Å²) in [6, 6.07) is 0. The van der Waals surface area contributed by atoms with Crippen molar-refractivity contribution in [3.63, 3.8) is 0 Å². The molecule has 2 N–H and O–H groups in total. The summed E-state index contributed by atoms with van der Waals surface area (Å²) in [4.78, 5) is 27.2. The molecule has 0 aromatic carbocycles. The maximum Gasteiger partial charge on any atom is 0.305 e. The van der Waals surface area contributed by atoms with Crippen LogP contribution in [0.4, 0.5) is 0 Å². The highest BCUT2D eigenvalue weighted by Gasteiger charge is 2.12. The number of esters is 2. The molecule has 6 heteroatoms. The Labute approximate surface area is 318 Å². The molecule has 0 spiro atoms. The first-order chi connectivity index (χ1) is 25.0. The Balaban J connectivity index is 3.97. The fraction of sp³-hybridized carbons (Fsp3) is 0.956. The van der Waals surface area contributed by atoms with E-state index in [0.717, 1.165) is 83.0 Å². The number of hydrogen-bond acceptors (Lipinski definition) is 6. The van der Waals surface area contributed by atoms with Crippen LogP contribution in [0, 0.1) is 11.8 Å². The minimum atomic E-state index is -0.00144. The van der Waals surface area contributed by atoms with Crippen LogP contribution in [0.5, 0.6) is 0 Å². The second-order valence-corrected chi connectivity index (χ2v) is 15.8. The molecule has 0 aliphatic carbocycles. The Morgan fingerprint density at radius 3 is 1.12 bits per heavy atom. The van der Waals surface area contributed by atoms with Crippen molar-refractivity contribution in [3.05, 3.63) is 0 Å². The van der Waals surface area contributed by atoms with Gasteiger partial charge >= 0.3 is 11.9 Å². The van der Waals surface area contributed by atoms with E-state index in [9.17, 15) is 9.59 Å². The Morgan fingerprint density at radius 2 is 0.765 bits per heavy atom. The fourth-order valence-corrected chi connectivity index (χ4v) is 7.34. The molecule has 0 rings (SSSR count). The first kappa shape index (κ1) is 49.9. The molecule has 0 heterocycles. The zero-order chi connectivity index (χ0) is 37.5. The van der Waals surface area contributed by atoms with E-state index in [1.807, 2.05) is 0 Å². The van der Waals surface area contributed by atoms with Gasteiger partial charge in [0.15, 0.2) is 0 Å². The normalized spacial score (nSPS) is 11.7. The van der Waals surface area contributed by atoms with Gasteiger partial charge in [0.25, 0.3) is 0 Å². The Kier molecular flexibility index (Phi) is 39.2. The lowest BCUT2D eigenvalue weighted by Crippen LogP contribution is -2.28. The molecule has 304 valence electrons. The lowest BCUT2D eigenvalue weighted by atomic mass is 9.92. The predicted octanol–water partition coefficient (Wildman–Crippen LogP) is 12.7. The molecule has 0 saturated heterocycles. The molecule has 0 radical (unpaired) electrons. The van der Waals surface area contributed by atoms with Crippen molar-refractivity contribution in [2.24, 2.45) is 17.6 Å². The van der Waals surface area contributed by atoms with Crippen molar-refractivity contribution in [3.8, 4) is 0 Å². The molecule has 0 atom stereocenters. The summed E-state index contributed by atoms with van der Waals surface area (Å²) < 4.78 is 11.3. The summed E-state index contributed by atoms with van der Waals surface area (Å²) in [6.07, 6.45) is 36.4. The molecule has 0 aromatic heterocycles. The first-order valence-corrected chi connectivity index (χ1v) is 22.7. The van der Waals surface area contributed by atoms with Crippen molar-refractivity contribution in [1.82, 2.24) is 4.90 Å². The van der Waals surface area contributed by atoms with Crippen molar-refractivity contribution >= 4 is 11.9 Å². The number of unbranched alkanes of at least 4 members (excludes halogenated alkanes) is 16. The van der Waals surface area contributed by atoms with Crippen LogP contribution in [0.25, 0.3) is 0 Å². The predicted molar refractivity (Wildman–Crippen MR) is 220 cm³/mol. The van der Waals surface area contributed by atoms with E-state index in [0.29, 0.717) is 26.1 Å². The summed E-state index contributed by atoms with van der Waals surface area (Å²) in [5.41, 5.74) is 5.83. The maximum absolute atomic E-state index is 12.3. The third-order valence-corrected chi connectivity index (χ3v) is 10.8. The quantitative estimate of drug-likeness (QED) is 0.0500. The van der Waals surface area contributed by atoms with Gasteiger partial charge in [-0.25, -0.2) is 0 Å². The third-order valence-electron chi connectivity index (χ3n) is 10.8. The van der Waals surface area contributed by atoms with Crippen LogP contribution in [-0.4, -0.2) is 56.2 Å². The maximum atomic E-state index is 12.3. The van der Waals surface area contributed by atoms with Gasteiger partial charge in [-0.3, -0.25) is 9.59 Å². The zero-order valence-electron chi connectivity index (χ0n) is 35.0. The van der Waals surface area contributed by atoms with Crippen molar-refractivity contribution in [2.45, 2.75) is 227 Å². The van der Waals surface area contributed by atoms with Gasteiger partial charge in [0.1, 0.15) is 0 Å². The van der Waals surface area contributed by atoms with Gasteiger partial charge in [0, 0.05) is 12.8 Å².